The van der Waals surface area contributed by atoms with Gasteiger partial charge in [0.25, 0.3) is 5.91 Å². The molecule has 1 atom stereocenters. The van der Waals surface area contributed by atoms with Crippen molar-refractivity contribution < 1.29 is 9.53 Å². The molecule has 0 aliphatic rings. The summed E-state index contributed by atoms with van der Waals surface area (Å²) >= 11 is 1.65. The van der Waals surface area contributed by atoms with Crippen LogP contribution in [0.25, 0.3) is 0 Å². The van der Waals surface area contributed by atoms with Crippen LogP contribution in [0.2, 0.25) is 0 Å². The van der Waals surface area contributed by atoms with E-state index in [1.165, 1.54) is 0 Å². The number of amides is 1. The molecule has 2 aromatic rings. The van der Waals surface area contributed by atoms with Gasteiger partial charge in [0.1, 0.15) is 5.75 Å². The molecule has 0 spiro atoms. The van der Waals surface area contributed by atoms with Gasteiger partial charge in [-0.3, -0.25) is 4.79 Å². The summed E-state index contributed by atoms with van der Waals surface area (Å²) in [5.74, 6) is 0.816. The van der Waals surface area contributed by atoms with Crippen LogP contribution in [0.3, 0.4) is 0 Å². The number of ether oxygens (including phenoxy) is 1. The van der Waals surface area contributed by atoms with E-state index in [9.17, 15) is 4.79 Å². The fourth-order valence-electron chi connectivity index (χ4n) is 2.65. The number of nitrogens with one attached hydrogen (secondary N) is 1. The fraction of sp³-hybridized carbons (Fsp3) is 0.389. The lowest BCUT2D eigenvalue weighted by atomic mass is 10.0. The molecule has 1 amide bonds. The largest absolute Gasteiger partial charge is 0.496 e. The fourth-order valence-corrected chi connectivity index (χ4v) is 3.57. The van der Waals surface area contributed by atoms with Gasteiger partial charge in [-0.2, -0.15) is 0 Å². The Labute approximate surface area is 142 Å². The van der Waals surface area contributed by atoms with Crippen molar-refractivity contribution >= 4 is 17.2 Å². The number of para-hydroxylation sites is 1. The highest BCUT2D eigenvalue weighted by Crippen LogP contribution is 2.27. The van der Waals surface area contributed by atoms with Gasteiger partial charge in [0, 0.05) is 21.9 Å². The second kappa shape index (κ2) is 7.62. The number of methoxy groups -OCH3 is 1. The molecule has 0 aliphatic carbocycles. The molecule has 0 aliphatic heterocycles. The van der Waals surface area contributed by atoms with Crippen LogP contribution in [0, 0.1) is 13.8 Å². The summed E-state index contributed by atoms with van der Waals surface area (Å²) in [6, 6.07) is 9.92. The Kier molecular flexibility index (Phi) is 5.80. The van der Waals surface area contributed by atoms with E-state index < -0.39 is 0 Å². The van der Waals surface area contributed by atoms with E-state index in [0.717, 1.165) is 26.6 Å². The summed E-state index contributed by atoms with van der Waals surface area (Å²) in [4.78, 5) is 16.7. The van der Waals surface area contributed by atoms with Crippen molar-refractivity contribution in [2.24, 2.45) is 0 Å². The molecular formula is C18H24N2O2S. The summed E-state index contributed by atoms with van der Waals surface area (Å²) in [5.41, 5.74) is 1.84. The van der Waals surface area contributed by atoms with Gasteiger partial charge in [0.15, 0.2) is 0 Å². The van der Waals surface area contributed by atoms with Crippen LogP contribution in [0.5, 0.6) is 5.75 Å². The monoisotopic (exact) mass is 332 g/mol. The van der Waals surface area contributed by atoms with E-state index in [4.69, 9.17) is 4.74 Å². The van der Waals surface area contributed by atoms with E-state index >= 15 is 0 Å². The van der Waals surface area contributed by atoms with Gasteiger partial charge >= 0.3 is 0 Å². The van der Waals surface area contributed by atoms with Gasteiger partial charge in [-0.15, -0.1) is 11.3 Å². The standard InChI is InChI=1S/C18H24N2O2S/c1-12-10-15(13(2)23-12)18(21)19-11-16(20(3)4)14-8-6-7-9-17(14)22-5/h6-10,16H,11H2,1-5H3,(H,19,21). The molecule has 1 unspecified atom stereocenters. The first-order chi connectivity index (χ1) is 10.9. The lowest BCUT2D eigenvalue weighted by molar-refractivity contribution is 0.0941. The number of thiophene rings is 1. The van der Waals surface area contributed by atoms with Crippen molar-refractivity contribution in [3.8, 4) is 5.75 Å². The van der Waals surface area contributed by atoms with Gasteiger partial charge in [-0.25, -0.2) is 0 Å². The molecule has 2 rings (SSSR count). The Morgan fingerprint density at radius 1 is 1.30 bits per heavy atom. The van der Waals surface area contributed by atoms with Crippen molar-refractivity contribution in [1.82, 2.24) is 10.2 Å². The van der Waals surface area contributed by atoms with Gasteiger partial charge in [0.2, 0.25) is 0 Å². The molecule has 1 heterocycles. The van der Waals surface area contributed by atoms with E-state index in [-0.39, 0.29) is 11.9 Å². The van der Waals surface area contributed by atoms with Crippen LogP contribution in [-0.2, 0) is 0 Å². The number of carbonyl (C=O) groups is 1. The number of benzene rings is 1. The number of rotatable bonds is 6. The van der Waals surface area contributed by atoms with Crippen LogP contribution in [0.4, 0.5) is 0 Å². The topological polar surface area (TPSA) is 41.6 Å². The van der Waals surface area contributed by atoms with Crippen LogP contribution in [0.15, 0.2) is 30.3 Å². The number of aryl methyl sites for hydroxylation is 2. The van der Waals surface area contributed by atoms with Crippen molar-refractivity contribution in [2.75, 3.05) is 27.7 Å². The highest BCUT2D eigenvalue weighted by atomic mass is 32.1. The summed E-state index contributed by atoms with van der Waals surface area (Å²) in [6.07, 6.45) is 0. The maximum absolute atomic E-state index is 12.4. The molecule has 0 saturated carbocycles. The second-order valence-corrected chi connectivity index (χ2v) is 7.22. The van der Waals surface area contributed by atoms with Gasteiger partial charge in [-0.1, -0.05) is 18.2 Å². The Morgan fingerprint density at radius 3 is 2.57 bits per heavy atom. The van der Waals surface area contributed by atoms with Crippen molar-refractivity contribution in [2.45, 2.75) is 19.9 Å². The van der Waals surface area contributed by atoms with Crippen molar-refractivity contribution in [3.05, 3.63) is 51.2 Å². The SMILES string of the molecule is COc1ccccc1C(CNC(=O)c1cc(C)sc1C)N(C)C. The zero-order valence-electron chi connectivity index (χ0n) is 14.3. The highest BCUT2D eigenvalue weighted by molar-refractivity contribution is 7.12. The first-order valence-electron chi connectivity index (χ1n) is 7.58. The van der Waals surface area contributed by atoms with E-state index in [2.05, 4.69) is 10.2 Å². The lowest BCUT2D eigenvalue weighted by Crippen LogP contribution is -2.34. The zero-order chi connectivity index (χ0) is 17.0. The van der Waals surface area contributed by atoms with Crippen LogP contribution in [0.1, 0.15) is 31.7 Å². The minimum Gasteiger partial charge on any atom is -0.496 e. The molecule has 1 aromatic heterocycles. The third-order valence-corrected chi connectivity index (χ3v) is 4.83. The molecule has 0 saturated heterocycles. The second-order valence-electron chi connectivity index (χ2n) is 5.76. The third-order valence-electron chi connectivity index (χ3n) is 3.86. The van der Waals surface area contributed by atoms with E-state index in [1.54, 1.807) is 18.4 Å². The Bertz CT molecular complexity index is 679. The molecule has 5 heteroatoms. The molecule has 124 valence electrons. The first-order valence-corrected chi connectivity index (χ1v) is 8.40. The van der Waals surface area contributed by atoms with Crippen LogP contribution >= 0.6 is 11.3 Å². The number of hydrogen-bond donors (Lipinski definition) is 1. The molecule has 4 nitrogen and oxygen atoms in total. The number of hydrogen-bond acceptors (Lipinski definition) is 4. The van der Waals surface area contributed by atoms with Crippen LogP contribution < -0.4 is 10.1 Å². The summed E-state index contributed by atoms with van der Waals surface area (Å²) < 4.78 is 5.45. The zero-order valence-corrected chi connectivity index (χ0v) is 15.2. The highest BCUT2D eigenvalue weighted by Gasteiger charge is 2.20. The predicted octanol–water partition coefficient (Wildman–Crippen LogP) is 3.41. The van der Waals surface area contributed by atoms with Crippen molar-refractivity contribution in [3.63, 3.8) is 0 Å². The lowest BCUT2D eigenvalue weighted by Gasteiger charge is -2.26. The maximum Gasteiger partial charge on any atom is 0.252 e. The van der Waals surface area contributed by atoms with Crippen LogP contribution in [-0.4, -0.2) is 38.6 Å². The smallest absolute Gasteiger partial charge is 0.252 e. The number of nitrogens with zero attached hydrogens (tertiary/aromatic N) is 1. The quantitative estimate of drug-likeness (QED) is 0.881. The van der Waals surface area contributed by atoms with Crippen molar-refractivity contribution in [1.29, 1.82) is 0 Å². The molecular weight excluding hydrogens is 308 g/mol. The molecule has 0 bridgehead atoms. The normalized spacial score (nSPS) is 12.3. The summed E-state index contributed by atoms with van der Waals surface area (Å²) in [5, 5.41) is 3.05. The van der Waals surface area contributed by atoms with Gasteiger partial charge in [0.05, 0.1) is 18.7 Å². The molecule has 0 fully saturated rings. The molecule has 0 radical (unpaired) electrons. The number of likely N-dealkylation sites (N-methyl/N-ethyl adjacent to an activating group) is 1. The predicted molar refractivity (Wildman–Crippen MR) is 95.5 cm³/mol. The average molecular weight is 332 g/mol. The van der Waals surface area contributed by atoms with E-state index in [1.807, 2.05) is 58.3 Å². The Morgan fingerprint density at radius 2 is 2.00 bits per heavy atom. The molecule has 1 N–H and O–H groups in total. The molecule has 23 heavy (non-hydrogen) atoms. The molecule has 1 aromatic carbocycles. The number of carbonyl (C=O) groups excluding carboxylic acids is 1. The summed E-state index contributed by atoms with van der Waals surface area (Å²) in [6.45, 7) is 4.53. The van der Waals surface area contributed by atoms with Gasteiger partial charge in [-0.05, 0) is 40.1 Å². The minimum atomic E-state index is -0.0198. The summed E-state index contributed by atoms with van der Waals surface area (Å²) in [7, 11) is 5.67. The maximum atomic E-state index is 12.4. The minimum absolute atomic E-state index is 0.0198. The Balaban J connectivity index is 2.14. The van der Waals surface area contributed by atoms with Gasteiger partial charge < -0.3 is 15.0 Å². The van der Waals surface area contributed by atoms with E-state index in [0.29, 0.717) is 6.54 Å². The average Bonchev–Trinajstić information content (AvgIpc) is 2.86. The third kappa shape index (κ3) is 4.12. The first kappa shape index (κ1) is 17.5. The Hall–Kier alpha value is -1.85.